The molecule has 4 atom stereocenters. The van der Waals surface area contributed by atoms with Crippen LogP contribution in [0.5, 0.6) is 0 Å². The Kier molecular flexibility index (Phi) is 23.3. The number of cyclic esters (lactones) is 1. The maximum atomic E-state index is 15.5. The van der Waals surface area contributed by atoms with Gasteiger partial charge in [-0.2, -0.15) is 0 Å². The van der Waals surface area contributed by atoms with Crippen molar-refractivity contribution in [3.8, 4) is 11.4 Å². The highest BCUT2D eigenvalue weighted by molar-refractivity contribution is 9.09. The zero-order valence-electron chi connectivity index (χ0n) is 53.8. The number of alkyl halides is 2. The molecule has 3 aliphatic heterocycles. The van der Waals surface area contributed by atoms with Crippen molar-refractivity contribution in [3.05, 3.63) is 127 Å². The highest BCUT2D eigenvalue weighted by Gasteiger charge is 2.49. The predicted molar refractivity (Wildman–Crippen MR) is 355 cm³/mol. The smallest absolute Gasteiger partial charge is 0.408 e. The van der Waals surface area contributed by atoms with Crippen LogP contribution in [-0.4, -0.2) is 163 Å². The van der Waals surface area contributed by atoms with Gasteiger partial charge in [0, 0.05) is 69.9 Å². The van der Waals surface area contributed by atoms with E-state index in [1.165, 1.54) is 17.6 Å². The number of aliphatic hydroxyl groups is 1. The molecule has 0 radical (unpaired) electrons. The SMILES string of the molecule is CCC1(O)C(=O)OCc2c1cc1n(c2=O)Cc2c-1nc1cc(F)c(C)c3c1c2[C@H](CNC(=O)C1(NC(=O)OCc2ccc(NC(=O)[C@H](C)NC(=O)[C@@H](NC(=O)CCOCCOCCOCCOCCNC(=O)c4ccc5nc(CBr)c(CBr)nc5c4)C(C)C)cc2)COC1)CC3. The topological polar surface area (TPSA) is 337 Å². The monoisotopic (exact) mass is 1450 g/mol. The molecule has 1 saturated heterocycles. The molecule has 1 fully saturated rings. The van der Waals surface area contributed by atoms with Crippen LogP contribution in [0.2, 0.25) is 0 Å². The second kappa shape index (κ2) is 31.5. The number of aryl methyl sites for hydroxylation is 1. The standard InChI is InChI=1S/C67H77Br2FN10O16/c1-6-67(89)46-26-53-58-44(31-80(53)62(85)45(46)33-95-64(67)87)55-41(9-13-43-37(4)47(70)27-50(77-58)56(43)55)30-72-63(86)66(34-94-35-66)79-65(88)96-32-39-7-11-42(12-8-39)74-59(82)38(5)73-61(84)57(36(2)3)78-54(81)15-17-90-19-21-92-23-24-93-22-20-91-18-16-71-60(83)40-10-14-48-49(25-40)76-52(29-69)51(28-68)75-48/h7-8,10-12,14,25-27,36,38,41,57,89H,6,9,13,15-24,28-35H2,1-5H3,(H,71,83)(H,72,86)(H,73,84)(H,74,82)(H,78,81)(H,79,88)/t38-,41-,57-,67?/m0/s1. The molecule has 3 aromatic heterocycles. The van der Waals surface area contributed by atoms with Crippen molar-refractivity contribution < 1.29 is 76.2 Å². The number of hydrogen-bond acceptors (Lipinski definition) is 19. The predicted octanol–water partition coefficient (Wildman–Crippen LogP) is 5.57. The third-order valence-corrected chi connectivity index (χ3v) is 18.6. The van der Waals surface area contributed by atoms with Crippen molar-refractivity contribution in [3.63, 3.8) is 0 Å². The summed E-state index contributed by atoms with van der Waals surface area (Å²) in [5, 5.41) is 30.0. The summed E-state index contributed by atoms with van der Waals surface area (Å²) in [6, 6.07) is 12.7. The average molecular weight is 1460 g/mol. The maximum absolute atomic E-state index is 15.5. The summed E-state index contributed by atoms with van der Waals surface area (Å²) in [6.07, 6.45) is 0.0619. The van der Waals surface area contributed by atoms with Gasteiger partial charge in [0.25, 0.3) is 17.4 Å². The second-order valence-electron chi connectivity index (χ2n) is 24.3. The van der Waals surface area contributed by atoms with Crippen LogP contribution >= 0.6 is 31.9 Å². The van der Waals surface area contributed by atoms with Gasteiger partial charge in [-0.1, -0.05) is 64.8 Å². The Morgan fingerprint density at radius 1 is 0.792 bits per heavy atom. The van der Waals surface area contributed by atoms with E-state index in [0.717, 1.165) is 27.9 Å². The number of carbonyl (C=O) groups excluding carboxylic acids is 7. The van der Waals surface area contributed by atoms with Gasteiger partial charge >= 0.3 is 12.1 Å². The quantitative estimate of drug-likeness (QED) is 0.0159. The molecular formula is C67H77Br2FN10O16. The van der Waals surface area contributed by atoms with Crippen molar-refractivity contribution in [1.29, 1.82) is 0 Å². The Balaban J connectivity index is 0.601. The van der Waals surface area contributed by atoms with Gasteiger partial charge in [0.05, 0.1) is 118 Å². The molecule has 0 spiro atoms. The number of anilines is 1. The van der Waals surface area contributed by atoms with E-state index in [1.54, 1.807) is 76.2 Å². The molecule has 4 aliphatic rings. The van der Waals surface area contributed by atoms with Gasteiger partial charge < -0.3 is 74.7 Å². The Bertz CT molecular complexity index is 4020. The highest BCUT2D eigenvalue weighted by Crippen LogP contribution is 2.46. The molecule has 1 unspecified atom stereocenters. The number of nitrogens with zero attached hydrogens (tertiary/aromatic N) is 4. The van der Waals surface area contributed by atoms with E-state index >= 15 is 4.39 Å². The fourth-order valence-corrected chi connectivity index (χ4v) is 12.9. The summed E-state index contributed by atoms with van der Waals surface area (Å²) in [5.74, 6) is -4.17. The van der Waals surface area contributed by atoms with Crippen LogP contribution in [0.4, 0.5) is 14.9 Å². The van der Waals surface area contributed by atoms with Crippen LogP contribution < -0.4 is 37.5 Å². The summed E-state index contributed by atoms with van der Waals surface area (Å²) in [4.78, 5) is 121. The van der Waals surface area contributed by atoms with Crippen molar-refractivity contribution in [2.75, 3.05) is 84.5 Å². The summed E-state index contributed by atoms with van der Waals surface area (Å²) in [7, 11) is 0. The Hall–Kier alpha value is -7.90. The minimum Gasteiger partial charge on any atom is -0.458 e. The summed E-state index contributed by atoms with van der Waals surface area (Å²) in [6.45, 7) is 10.4. The minimum absolute atomic E-state index is 0.0152. The first-order valence-corrected chi connectivity index (χ1v) is 34.0. The summed E-state index contributed by atoms with van der Waals surface area (Å²) < 4.78 is 55.5. The van der Waals surface area contributed by atoms with Gasteiger partial charge in [0.15, 0.2) is 11.1 Å². The van der Waals surface area contributed by atoms with E-state index in [1.807, 2.05) is 0 Å². The third kappa shape index (κ3) is 15.7. The largest absolute Gasteiger partial charge is 0.458 e. The molecule has 96 heavy (non-hydrogen) atoms. The van der Waals surface area contributed by atoms with Crippen LogP contribution in [0, 0.1) is 18.7 Å². The van der Waals surface area contributed by atoms with Crippen LogP contribution in [0.3, 0.4) is 0 Å². The van der Waals surface area contributed by atoms with Gasteiger partial charge in [-0.15, -0.1) is 0 Å². The number of nitrogens with one attached hydrogen (secondary N) is 6. The fraction of sp³-hybridized carbons (Fsp3) is 0.478. The molecule has 0 bridgehead atoms. The zero-order valence-corrected chi connectivity index (χ0v) is 57.0. The average Bonchev–Trinajstić information content (AvgIpc) is 1.51. The number of aromatic nitrogens is 4. The molecule has 10 rings (SSSR count). The van der Waals surface area contributed by atoms with Gasteiger partial charge in [-0.25, -0.2) is 28.9 Å². The first-order chi connectivity index (χ1) is 46.2. The molecule has 6 aromatic rings. The number of amides is 6. The molecule has 7 N–H and O–H groups in total. The lowest BCUT2D eigenvalue weighted by Crippen LogP contribution is -2.70. The first-order valence-electron chi connectivity index (χ1n) is 31.8. The van der Waals surface area contributed by atoms with Crippen LogP contribution in [-0.2, 0) is 99.6 Å². The van der Waals surface area contributed by atoms with Crippen molar-refractivity contribution in [1.82, 2.24) is 46.1 Å². The van der Waals surface area contributed by atoms with E-state index in [-0.39, 0.29) is 101 Å². The number of carbonyl (C=O) groups is 7. The number of fused-ring (bicyclic) bond motifs is 6. The number of rotatable bonds is 31. The number of hydrogen-bond donors (Lipinski definition) is 7. The van der Waals surface area contributed by atoms with E-state index in [4.69, 9.17) is 38.1 Å². The lowest BCUT2D eigenvalue weighted by molar-refractivity contribution is -0.172. The molecule has 512 valence electrons. The highest BCUT2D eigenvalue weighted by atomic mass is 79.9. The summed E-state index contributed by atoms with van der Waals surface area (Å²) in [5.41, 5.74) is 4.73. The van der Waals surface area contributed by atoms with E-state index < -0.39 is 70.3 Å². The number of alkyl carbamates (subject to hydrolysis) is 1. The molecule has 6 heterocycles. The first kappa shape index (κ1) is 70.9. The van der Waals surface area contributed by atoms with E-state index in [2.05, 4.69) is 73.7 Å². The number of esters is 1. The third-order valence-electron chi connectivity index (χ3n) is 17.5. The van der Waals surface area contributed by atoms with Gasteiger partial charge in [-0.3, -0.25) is 28.8 Å². The molecular weight excluding hydrogens is 1380 g/mol. The van der Waals surface area contributed by atoms with Gasteiger partial charge in [0.1, 0.15) is 31.1 Å². The lowest BCUT2D eigenvalue weighted by atomic mass is 9.78. The van der Waals surface area contributed by atoms with Gasteiger partial charge in [0.2, 0.25) is 17.7 Å². The Morgan fingerprint density at radius 2 is 1.47 bits per heavy atom. The fourth-order valence-electron chi connectivity index (χ4n) is 12.0. The van der Waals surface area contributed by atoms with Crippen molar-refractivity contribution in [2.24, 2.45) is 5.92 Å². The number of benzene rings is 3. The second-order valence-corrected chi connectivity index (χ2v) is 25.4. The minimum atomic E-state index is -2.04. The van der Waals surface area contributed by atoms with Crippen LogP contribution in [0.1, 0.15) is 114 Å². The van der Waals surface area contributed by atoms with Crippen LogP contribution in [0.25, 0.3) is 33.3 Å². The number of halogens is 3. The normalized spacial score (nSPS) is 17.1. The molecule has 26 nitrogen and oxygen atoms in total. The van der Waals surface area contributed by atoms with E-state index in [0.29, 0.717) is 119 Å². The van der Waals surface area contributed by atoms with E-state index in [9.17, 15) is 43.5 Å². The summed E-state index contributed by atoms with van der Waals surface area (Å²) >= 11 is 6.87. The Labute approximate surface area is 568 Å². The molecule has 0 saturated carbocycles. The van der Waals surface area contributed by atoms with Crippen molar-refractivity contribution in [2.45, 2.75) is 120 Å². The van der Waals surface area contributed by atoms with Gasteiger partial charge in [-0.05, 0) is 97.7 Å². The maximum Gasteiger partial charge on any atom is 0.408 e. The van der Waals surface area contributed by atoms with Crippen molar-refractivity contribution >= 4 is 101 Å². The molecule has 1 aliphatic carbocycles. The number of ether oxygens (including phenoxy) is 7. The molecule has 29 heteroatoms. The molecule has 3 aromatic carbocycles. The number of pyridine rings is 2. The lowest BCUT2D eigenvalue weighted by Gasteiger charge is -2.40. The van der Waals surface area contributed by atoms with Crippen LogP contribution in [0.15, 0.2) is 59.4 Å². The zero-order chi connectivity index (χ0) is 68.4. The molecule has 6 amide bonds. The Morgan fingerprint density at radius 3 is 2.12 bits per heavy atom.